The van der Waals surface area contributed by atoms with Crippen molar-refractivity contribution in [2.45, 2.75) is 6.42 Å². The van der Waals surface area contributed by atoms with Gasteiger partial charge in [-0.3, -0.25) is 4.68 Å². The molecule has 0 radical (unpaired) electrons. The molecule has 5 nitrogen and oxygen atoms in total. The van der Waals surface area contributed by atoms with E-state index in [2.05, 4.69) is 15.1 Å². The minimum atomic E-state index is 0.609. The largest absolute Gasteiger partial charge is 0.341 e. The van der Waals surface area contributed by atoms with E-state index in [0.29, 0.717) is 6.54 Å². The van der Waals surface area contributed by atoms with Gasteiger partial charge in [0.05, 0.1) is 17.6 Å². The van der Waals surface area contributed by atoms with E-state index < -0.39 is 0 Å². The van der Waals surface area contributed by atoms with Gasteiger partial charge in [-0.1, -0.05) is 0 Å². The van der Waals surface area contributed by atoms with E-state index in [-0.39, 0.29) is 0 Å². The number of nitrogens with zero attached hydrogens (tertiary/aromatic N) is 3. The molecule has 0 saturated heterocycles. The van der Waals surface area contributed by atoms with Gasteiger partial charge < -0.3 is 10.7 Å². The van der Waals surface area contributed by atoms with Gasteiger partial charge in [0.2, 0.25) is 0 Å². The Labute approximate surface area is 82.0 Å². The summed E-state index contributed by atoms with van der Waals surface area (Å²) in [6, 6.07) is 1.94. The number of aromatic amines is 1. The Morgan fingerprint density at radius 1 is 1.57 bits per heavy atom. The van der Waals surface area contributed by atoms with Crippen molar-refractivity contribution >= 4 is 0 Å². The highest BCUT2D eigenvalue weighted by atomic mass is 15.3. The van der Waals surface area contributed by atoms with Gasteiger partial charge in [-0.2, -0.15) is 5.10 Å². The fraction of sp³-hybridized carbons (Fsp3) is 0.333. The summed E-state index contributed by atoms with van der Waals surface area (Å²) < 4.78 is 1.81. The van der Waals surface area contributed by atoms with Crippen LogP contribution in [0.25, 0.3) is 11.4 Å². The molecule has 0 saturated carbocycles. The minimum absolute atomic E-state index is 0.609. The monoisotopic (exact) mass is 191 g/mol. The fourth-order valence-corrected chi connectivity index (χ4v) is 1.39. The Bertz CT molecular complexity index is 414. The van der Waals surface area contributed by atoms with E-state index in [4.69, 9.17) is 5.73 Å². The molecule has 2 heterocycles. The van der Waals surface area contributed by atoms with Crippen LogP contribution in [-0.2, 0) is 13.5 Å². The van der Waals surface area contributed by atoms with Crippen LogP contribution in [0.3, 0.4) is 0 Å². The van der Waals surface area contributed by atoms with Crippen LogP contribution >= 0.6 is 0 Å². The van der Waals surface area contributed by atoms with Crippen LogP contribution in [-0.4, -0.2) is 26.3 Å². The Balaban J connectivity index is 2.29. The number of H-pyrrole nitrogens is 1. The molecule has 3 N–H and O–H groups in total. The lowest BCUT2D eigenvalue weighted by atomic mass is 10.3. The number of nitrogens with two attached hydrogens (primary N) is 1. The topological polar surface area (TPSA) is 72.5 Å². The fourth-order valence-electron chi connectivity index (χ4n) is 1.39. The van der Waals surface area contributed by atoms with Crippen LogP contribution < -0.4 is 5.73 Å². The summed E-state index contributed by atoms with van der Waals surface area (Å²) in [6.07, 6.45) is 4.35. The molecule has 0 fully saturated rings. The maximum absolute atomic E-state index is 5.44. The Morgan fingerprint density at radius 3 is 3.07 bits per heavy atom. The number of hydrogen-bond acceptors (Lipinski definition) is 3. The van der Waals surface area contributed by atoms with Crippen LogP contribution in [0.4, 0.5) is 0 Å². The molecule has 74 valence electrons. The number of aromatic nitrogens is 4. The highest BCUT2D eigenvalue weighted by molar-refractivity contribution is 5.52. The lowest BCUT2D eigenvalue weighted by molar-refractivity contribution is 0.773. The molecular formula is C9H13N5. The van der Waals surface area contributed by atoms with Gasteiger partial charge in [-0.25, -0.2) is 4.98 Å². The zero-order valence-corrected chi connectivity index (χ0v) is 8.07. The maximum atomic E-state index is 5.44. The van der Waals surface area contributed by atoms with E-state index >= 15 is 0 Å². The van der Waals surface area contributed by atoms with E-state index in [9.17, 15) is 0 Å². The van der Waals surface area contributed by atoms with Crippen LogP contribution in [0.1, 0.15) is 5.82 Å². The quantitative estimate of drug-likeness (QED) is 0.733. The first-order valence-corrected chi connectivity index (χ1v) is 4.53. The van der Waals surface area contributed by atoms with Gasteiger partial charge >= 0.3 is 0 Å². The summed E-state index contributed by atoms with van der Waals surface area (Å²) in [5.41, 5.74) is 7.45. The van der Waals surface area contributed by atoms with Crippen molar-refractivity contribution in [1.82, 2.24) is 19.7 Å². The normalized spacial score (nSPS) is 10.7. The summed E-state index contributed by atoms with van der Waals surface area (Å²) in [6.45, 7) is 0.609. The van der Waals surface area contributed by atoms with E-state index in [1.165, 1.54) is 0 Å². The lowest BCUT2D eigenvalue weighted by Gasteiger charge is -1.96. The molecule has 0 spiro atoms. The number of nitrogens with one attached hydrogen (secondary N) is 1. The molecule has 5 heteroatoms. The van der Waals surface area contributed by atoms with Gasteiger partial charge in [-0.05, 0) is 12.6 Å². The summed E-state index contributed by atoms with van der Waals surface area (Å²) in [4.78, 5) is 7.43. The van der Waals surface area contributed by atoms with Crippen molar-refractivity contribution in [3.63, 3.8) is 0 Å². The maximum Gasteiger partial charge on any atom is 0.107 e. The average Bonchev–Trinajstić information content (AvgIpc) is 2.74. The average molecular weight is 191 g/mol. The summed E-state index contributed by atoms with van der Waals surface area (Å²) in [7, 11) is 1.90. The molecule has 0 aliphatic carbocycles. The highest BCUT2D eigenvalue weighted by Crippen LogP contribution is 2.14. The minimum Gasteiger partial charge on any atom is -0.341 e. The third-order valence-electron chi connectivity index (χ3n) is 2.11. The number of hydrogen-bond donors (Lipinski definition) is 2. The van der Waals surface area contributed by atoms with Crippen molar-refractivity contribution in [1.29, 1.82) is 0 Å². The third-order valence-corrected chi connectivity index (χ3v) is 2.11. The molecule has 0 aromatic carbocycles. The molecule has 0 amide bonds. The van der Waals surface area contributed by atoms with Crippen LogP contribution in [0, 0.1) is 0 Å². The van der Waals surface area contributed by atoms with Gasteiger partial charge in [0, 0.05) is 19.7 Å². The summed E-state index contributed by atoms with van der Waals surface area (Å²) in [5, 5.41) is 4.09. The van der Waals surface area contributed by atoms with E-state index in [0.717, 1.165) is 23.6 Å². The van der Waals surface area contributed by atoms with Crippen LogP contribution in [0.5, 0.6) is 0 Å². The molecule has 0 bridgehead atoms. The Morgan fingerprint density at radius 2 is 2.43 bits per heavy atom. The van der Waals surface area contributed by atoms with Gasteiger partial charge in [0.15, 0.2) is 0 Å². The number of rotatable bonds is 3. The molecule has 2 aromatic rings. The predicted octanol–water partition coefficient (Wildman–Crippen LogP) is 0.311. The smallest absolute Gasteiger partial charge is 0.107 e. The van der Waals surface area contributed by atoms with E-state index in [1.807, 2.05) is 19.3 Å². The van der Waals surface area contributed by atoms with Gasteiger partial charge in [0.25, 0.3) is 0 Å². The SMILES string of the molecule is Cn1nccc1-c1cnc(CCN)[nH]1. The molecule has 0 atom stereocenters. The van der Waals surface area contributed by atoms with Gasteiger partial charge in [-0.15, -0.1) is 0 Å². The lowest BCUT2D eigenvalue weighted by Crippen LogP contribution is -2.03. The van der Waals surface area contributed by atoms with Crippen LogP contribution in [0.15, 0.2) is 18.5 Å². The third kappa shape index (κ3) is 1.54. The molecule has 2 aromatic heterocycles. The van der Waals surface area contributed by atoms with Crippen molar-refractivity contribution in [3.8, 4) is 11.4 Å². The Hall–Kier alpha value is -1.62. The van der Waals surface area contributed by atoms with Crippen molar-refractivity contribution in [3.05, 3.63) is 24.3 Å². The van der Waals surface area contributed by atoms with Crippen molar-refractivity contribution < 1.29 is 0 Å². The van der Waals surface area contributed by atoms with Gasteiger partial charge in [0.1, 0.15) is 5.82 Å². The molecule has 0 unspecified atom stereocenters. The molecular weight excluding hydrogens is 178 g/mol. The Kier molecular flexibility index (Phi) is 2.32. The predicted molar refractivity (Wildman–Crippen MR) is 53.5 cm³/mol. The van der Waals surface area contributed by atoms with Crippen molar-refractivity contribution in [2.75, 3.05) is 6.54 Å². The second-order valence-corrected chi connectivity index (χ2v) is 3.12. The highest BCUT2D eigenvalue weighted by Gasteiger charge is 2.05. The first kappa shape index (κ1) is 8.96. The molecule has 0 aliphatic rings. The molecule has 2 rings (SSSR count). The first-order chi connectivity index (χ1) is 6.81. The van der Waals surface area contributed by atoms with Crippen LogP contribution in [0.2, 0.25) is 0 Å². The van der Waals surface area contributed by atoms with E-state index in [1.54, 1.807) is 10.9 Å². The number of imidazole rings is 1. The number of aryl methyl sites for hydroxylation is 1. The molecule has 14 heavy (non-hydrogen) atoms. The van der Waals surface area contributed by atoms with Crippen molar-refractivity contribution in [2.24, 2.45) is 12.8 Å². The zero-order chi connectivity index (χ0) is 9.97. The summed E-state index contributed by atoms with van der Waals surface area (Å²) in [5.74, 6) is 0.920. The first-order valence-electron chi connectivity index (χ1n) is 4.53. The summed E-state index contributed by atoms with van der Waals surface area (Å²) >= 11 is 0. The zero-order valence-electron chi connectivity index (χ0n) is 8.07. The second-order valence-electron chi connectivity index (χ2n) is 3.12. The standard InChI is InChI=1S/C9H13N5/c1-14-8(3-5-12-14)7-6-11-9(13-7)2-4-10/h3,5-6H,2,4,10H2,1H3,(H,11,13). The second kappa shape index (κ2) is 3.63. The molecule has 0 aliphatic heterocycles.